The van der Waals surface area contributed by atoms with E-state index in [0.717, 1.165) is 27.3 Å². The highest BCUT2D eigenvalue weighted by Gasteiger charge is 2.18. The van der Waals surface area contributed by atoms with Crippen molar-refractivity contribution in [3.05, 3.63) is 104 Å². The lowest BCUT2D eigenvalue weighted by molar-refractivity contribution is 0.0287. The van der Waals surface area contributed by atoms with E-state index in [1.54, 1.807) is 24.4 Å². The molecule has 0 radical (unpaired) electrons. The predicted octanol–water partition coefficient (Wildman–Crippen LogP) is 5.31. The highest BCUT2D eigenvalue weighted by Crippen LogP contribution is 2.26. The monoisotopic (exact) mass is 510 g/mol. The van der Waals surface area contributed by atoms with Crippen LogP contribution < -0.4 is 10.7 Å². The smallest absolute Gasteiger partial charge is 0.257 e. The number of benzene rings is 2. The number of aliphatic hydroxyl groups is 1. The number of hydrogen-bond donors (Lipinski definition) is 2. The van der Waals surface area contributed by atoms with Gasteiger partial charge < -0.3 is 19.7 Å². The van der Waals surface area contributed by atoms with Crippen molar-refractivity contribution in [3.63, 3.8) is 0 Å². The number of carbonyl (C=O) groups is 1. The summed E-state index contributed by atoms with van der Waals surface area (Å²) in [5.74, 6) is -0.410. The van der Waals surface area contributed by atoms with Crippen LogP contribution in [0.25, 0.3) is 10.2 Å². The number of carbonyl (C=O) groups excluding carboxylic acids is 1. The van der Waals surface area contributed by atoms with E-state index in [1.807, 2.05) is 54.0 Å². The molecule has 2 N–H and O–H groups in total. The Hall–Kier alpha value is -2.97. The Morgan fingerprint density at radius 1 is 1.17 bits per heavy atom. The third-order valence-corrected chi connectivity index (χ3v) is 6.98. The number of pyridine rings is 1. The number of aliphatic hydroxyl groups excluding tert-OH is 1. The van der Waals surface area contributed by atoms with Crippen molar-refractivity contribution in [1.29, 1.82) is 0 Å². The molecule has 0 bridgehead atoms. The maximum atomic E-state index is 13.2. The average molecular weight is 511 g/mol. The minimum atomic E-state index is -0.721. The quantitative estimate of drug-likeness (QED) is 0.303. The van der Waals surface area contributed by atoms with Gasteiger partial charge in [0, 0.05) is 29.2 Å². The number of halogens is 1. The van der Waals surface area contributed by atoms with Gasteiger partial charge in [-0.05, 0) is 35.7 Å². The molecule has 35 heavy (non-hydrogen) atoms. The summed E-state index contributed by atoms with van der Waals surface area (Å²) in [6, 6.07) is 18.3. The zero-order valence-corrected chi connectivity index (χ0v) is 20.9. The summed E-state index contributed by atoms with van der Waals surface area (Å²) >= 11 is 7.39. The van der Waals surface area contributed by atoms with E-state index >= 15 is 0 Å². The number of aromatic nitrogens is 1. The average Bonchev–Trinajstić information content (AvgIpc) is 3.30. The van der Waals surface area contributed by atoms with E-state index in [1.165, 1.54) is 11.3 Å². The van der Waals surface area contributed by atoms with Crippen LogP contribution in [-0.2, 0) is 24.4 Å². The summed E-state index contributed by atoms with van der Waals surface area (Å²) in [5.41, 5.74) is 1.50. The summed E-state index contributed by atoms with van der Waals surface area (Å²) in [7, 11) is 0. The lowest BCUT2D eigenvalue weighted by Gasteiger charge is -2.11. The number of nitrogens with zero attached hydrogens (tertiary/aromatic N) is 1. The van der Waals surface area contributed by atoms with Crippen LogP contribution in [0.2, 0.25) is 5.02 Å². The van der Waals surface area contributed by atoms with Crippen molar-refractivity contribution >= 4 is 39.1 Å². The number of ether oxygens (including phenoxy) is 1. The molecule has 6 nitrogen and oxygen atoms in total. The molecule has 182 valence electrons. The first-order valence-electron chi connectivity index (χ1n) is 11.5. The highest BCUT2D eigenvalue weighted by atomic mass is 35.5. The van der Waals surface area contributed by atoms with Gasteiger partial charge in [0.05, 0.1) is 18.6 Å². The van der Waals surface area contributed by atoms with E-state index in [2.05, 4.69) is 5.32 Å². The lowest BCUT2D eigenvalue weighted by Crippen LogP contribution is -2.29. The molecule has 8 heteroatoms. The number of thiophene rings is 1. The van der Waals surface area contributed by atoms with Gasteiger partial charge in [-0.3, -0.25) is 9.59 Å². The van der Waals surface area contributed by atoms with Gasteiger partial charge in [-0.25, -0.2) is 0 Å². The van der Waals surface area contributed by atoms with E-state index < -0.39 is 12.0 Å². The second kappa shape index (κ2) is 11.6. The molecule has 2 aromatic heterocycles. The molecule has 0 saturated heterocycles. The summed E-state index contributed by atoms with van der Waals surface area (Å²) < 4.78 is 7.70. The molecule has 4 rings (SSSR count). The maximum Gasteiger partial charge on any atom is 0.257 e. The summed E-state index contributed by atoms with van der Waals surface area (Å²) in [6.07, 6.45) is 1.78. The van der Waals surface area contributed by atoms with Gasteiger partial charge in [-0.15, -0.1) is 11.3 Å². The number of amides is 1. The largest absolute Gasteiger partial charge is 0.386 e. The van der Waals surface area contributed by atoms with Crippen molar-refractivity contribution < 1.29 is 14.6 Å². The van der Waals surface area contributed by atoms with Gasteiger partial charge >= 0.3 is 0 Å². The first kappa shape index (κ1) is 25.1. The SMILES string of the molecule is CCCn1cc(C(=O)NCc2ccc(Cl)cc2)c(=O)c2cc(COC[C@H](O)c3ccccc3)sc21. The molecule has 0 aliphatic carbocycles. The van der Waals surface area contributed by atoms with Crippen LogP contribution in [0.15, 0.2) is 71.7 Å². The number of nitrogens with one attached hydrogen (secondary N) is 1. The van der Waals surface area contributed by atoms with Crippen LogP contribution in [0.3, 0.4) is 0 Å². The van der Waals surface area contributed by atoms with E-state index in [0.29, 0.717) is 23.5 Å². The van der Waals surface area contributed by atoms with Crippen molar-refractivity contribution in [2.24, 2.45) is 0 Å². The number of hydrogen-bond acceptors (Lipinski definition) is 5. The van der Waals surface area contributed by atoms with Crippen LogP contribution in [0.1, 0.15) is 45.8 Å². The zero-order chi connectivity index (χ0) is 24.8. The Morgan fingerprint density at radius 3 is 2.63 bits per heavy atom. The van der Waals surface area contributed by atoms with Gasteiger partial charge in [0.2, 0.25) is 5.43 Å². The molecule has 0 unspecified atom stereocenters. The van der Waals surface area contributed by atoms with Crippen LogP contribution in [0.5, 0.6) is 0 Å². The first-order chi connectivity index (χ1) is 17.0. The summed E-state index contributed by atoms with van der Waals surface area (Å²) in [4.78, 5) is 27.8. The molecule has 0 fully saturated rings. The first-order valence-corrected chi connectivity index (χ1v) is 12.6. The van der Waals surface area contributed by atoms with Gasteiger partial charge in [0.15, 0.2) is 0 Å². The minimum Gasteiger partial charge on any atom is -0.386 e. The van der Waals surface area contributed by atoms with E-state index in [4.69, 9.17) is 16.3 Å². The second-order valence-electron chi connectivity index (χ2n) is 8.25. The molecule has 0 saturated carbocycles. The summed E-state index contributed by atoms with van der Waals surface area (Å²) in [6.45, 7) is 3.45. The third-order valence-electron chi connectivity index (χ3n) is 5.58. The van der Waals surface area contributed by atoms with Gasteiger partial charge in [0.1, 0.15) is 16.5 Å². The second-order valence-corrected chi connectivity index (χ2v) is 9.80. The van der Waals surface area contributed by atoms with Crippen LogP contribution in [0, 0.1) is 0 Å². The number of rotatable bonds is 10. The Bertz CT molecular complexity index is 1350. The fourth-order valence-electron chi connectivity index (χ4n) is 3.79. The normalized spacial score (nSPS) is 12.1. The molecule has 0 spiro atoms. The predicted molar refractivity (Wildman–Crippen MR) is 140 cm³/mol. The Kier molecular flexibility index (Phi) is 8.36. The molecule has 1 amide bonds. The Labute approximate surface area is 212 Å². The number of fused-ring (bicyclic) bond motifs is 1. The van der Waals surface area contributed by atoms with Gasteiger partial charge in [0.25, 0.3) is 5.91 Å². The molecule has 2 heterocycles. The van der Waals surface area contributed by atoms with Crippen molar-refractivity contribution in [3.8, 4) is 0 Å². The summed E-state index contributed by atoms with van der Waals surface area (Å²) in [5, 5.41) is 14.3. The van der Waals surface area contributed by atoms with Gasteiger partial charge in [-0.1, -0.05) is 61.0 Å². The molecule has 0 aliphatic heterocycles. The van der Waals surface area contributed by atoms with E-state index in [9.17, 15) is 14.7 Å². The fourth-order valence-corrected chi connectivity index (χ4v) is 5.00. The Balaban J connectivity index is 1.50. The van der Waals surface area contributed by atoms with Crippen LogP contribution >= 0.6 is 22.9 Å². The third kappa shape index (κ3) is 6.18. The topological polar surface area (TPSA) is 80.6 Å². The van der Waals surface area contributed by atoms with Crippen molar-refractivity contribution in [1.82, 2.24) is 9.88 Å². The molecule has 1 atom stereocenters. The maximum absolute atomic E-state index is 13.2. The highest BCUT2D eigenvalue weighted by molar-refractivity contribution is 7.18. The molecule has 2 aromatic carbocycles. The molecular weight excluding hydrogens is 484 g/mol. The number of aryl methyl sites for hydroxylation is 1. The molecule has 0 aliphatic rings. The van der Waals surface area contributed by atoms with Crippen LogP contribution in [0.4, 0.5) is 0 Å². The van der Waals surface area contributed by atoms with Crippen molar-refractivity contribution in [2.45, 2.75) is 39.1 Å². The minimum absolute atomic E-state index is 0.115. The van der Waals surface area contributed by atoms with Crippen molar-refractivity contribution in [2.75, 3.05) is 6.61 Å². The van der Waals surface area contributed by atoms with E-state index in [-0.39, 0.29) is 24.2 Å². The zero-order valence-electron chi connectivity index (χ0n) is 19.4. The standard InChI is InChI=1S/C27H27ClN2O4S/c1-2-12-30-15-23(26(33)29-14-18-8-10-20(28)11-9-18)25(32)22-13-21(35-27(22)30)16-34-17-24(31)19-6-4-3-5-7-19/h3-11,13,15,24,31H,2,12,14,16-17H2,1H3,(H,29,33)/t24-/m0/s1. The Morgan fingerprint density at radius 2 is 1.91 bits per heavy atom. The molecular formula is C27H27ClN2O4S. The fraction of sp³-hybridized carbons (Fsp3) is 0.259. The van der Waals surface area contributed by atoms with Gasteiger partial charge in [-0.2, -0.15) is 0 Å². The lowest BCUT2D eigenvalue weighted by atomic mass is 10.1. The van der Waals surface area contributed by atoms with Crippen LogP contribution in [-0.4, -0.2) is 22.2 Å². The molecule has 4 aromatic rings.